The Bertz CT molecular complexity index is 555. The summed E-state index contributed by atoms with van der Waals surface area (Å²) in [5, 5.41) is 0. The van der Waals surface area contributed by atoms with Crippen LogP contribution in [-0.2, 0) is 0 Å². The van der Waals surface area contributed by atoms with Crippen molar-refractivity contribution in [2.45, 2.75) is 0 Å². The lowest BCUT2D eigenvalue weighted by atomic mass is 10.2. The maximum atomic E-state index is 10.5. The van der Waals surface area contributed by atoms with Crippen LogP contribution in [0.25, 0.3) is 0 Å². The van der Waals surface area contributed by atoms with E-state index in [1.54, 1.807) is 37.4 Å². The van der Waals surface area contributed by atoms with E-state index in [-0.39, 0.29) is 0 Å². The van der Waals surface area contributed by atoms with Crippen molar-refractivity contribution in [1.29, 1.82) is 0 Å². The number of hydrogen-bond acceptors (Lipinski definition) is 4. The highest BCUT2D eigenvalue weighted by molar-refractivity contribution is 14.1. The fourth-order valence-electron chi connectivity index (χ4n) is 1.32. The SMILES string of the molecule is COc1ccc(I)c(Oc2ccc(C=O)cc2)n1. The zero-order chi connectivity index (χ0) is 13.0. The third kappa shape index (κ3) is 2.98. The second kappa shape index (κ2) is 5.81. The molecule has 0 aliphatic carbocycles. The van der Waals surface area contributed by atoms with Crippen LogP contribution in [0.1, 0.15) is 10.4 Å². The van der Waals surface area contributed by atoms with Gasteiger partial charge < -0.3 is 9.47 Å². The maximum Gasteiger partial charge on any atom is 0.236 e. The van der Waals surface area contributed by atoms with E-state index in [0.29, 0.717) is 23.1 Å². The maximum absolute atomic E-state index is 10.5. The molecule has 1 aromatic carbocycles. The van der Waals surface area contributed by atoms with E-state index in [0.717, 1.165) is 9.86 Å². The molecule has 4 nitrogen and oxygen atoms in total. The van der Waals surface area contributed by atoms with Gasteiger partial charge in [-0.2, -0.15) is 4.98 Å². The number of aldehydes is 1. The smallest absolute Gasteiger partial charge is 0.236 e. The van der Waals surface area contributed by atoms with E-state index in [1.807, 2.05) is 6.07 Å². The van der Waals surface area contributed by atoms with Crippen LogP contribution in [0.5, 0.6) is 17.5 Å². The molecule has 1 heterocycles. The lowest BCUT2D eigenvalue weighted by Gasteiger charge is -2.08. The van der Waals surface area contributed by atoms with Crippen molar-refractivity contribution in [2.24, 2.45) is 0 Å². The van der Waals surface area contributed by atoms with Gasteiger partial charge in [0.15, 0.2) is 0 Å². The van der Waals surface area contributed by atoms with Gasteiger partial charge in [0.2, 0.25) is 11.8 Å². The van der Waals surface area contributed by atoms with Gasteiger partial charge in [-0.15, -0.1) is 0 Å². The average molecular weight is 355 g/mol. The van der Waals surface area contributed by atoms with E-state index < -0.39 is 0 Å². The summed E-state index contributed by atoms with van der Waals surface area (Å²) in [7, 11) is 1.55. The summed E-state index contributed by atoms with van der Waals surface area (Å²) in [6.07, 6.45) is 0.789. The minimum atomic E-state index is 0.480. The van der Waals surface area contributed by atoms with Crippen molar-refractivity contribution in [1.82, 2.24) is 4.98 Å². The Morgan fingerprint density at radius 3 is 2.50 bits per heavy atom. The van der Waals surface area contributed by atoms with Crippen LogP contribution in [0.4, 0.5) is 0 Å². The minimum absolute atomic E-state index is 0.480. The number of nitrogens with zero attached hydrogens (tertiary/aromatic N) is 1. The summed E-state index contributed by atoms with van der Waals surface area (Å²) in [6.45, 7) is 0. The Morgan fingerprint density at radius 1 is 1.17 bits per heavy atom. The van der Waals surface area contributed by atoms with Gasteiger partial charge in [0.1, 0.15) is 12.0 Å². The molecule has 0 spiro atoms. The molecule has 0 unspecified atom stereocenters. The molecule has 0 aliphatic heterocycles. The third-order valence-corrected chi connectivity index (χ3v) is 3.05. The van der Waals surface area contributed by atoms with E-state index in [9.17, 15) is 4.79 Å². The summed E-state index contributed by atoms with van der Waals surface area (Å²) >= 11 is 2.13. The van der Waals surface area contributed by atoms with Crippen molar-refractivity contribution >= 4 is 28.9 Å². The molecule has 2 aromatic rings. The number of carbonyl (C=O) groups excluding carboxylic acids is 1. The van der Waals surface area contributed by atoms with Crippen molar-refractivity contribution in [3.05, 3.63) is 45.5 Å². The van der Waals surface area contributed by atoms with Crippen LogP contribution in [0, 0.1) is 3.57 Å². The summed E-state index contributed by atoms with van der Waals surface area (Å²) in [4.78, 5) is 14.7. The van der Waals surface area contributed by atoms with Crippen molar-refractivity contribution in [3.63, 3.8) is 0 Å². The molecule has 0 aliphatic rings. The minimum Gasteiger partial charge on any atom is -0.481 e. The van der Waals surface area contributed by atoms with E-state index in [4.69, 9.17) is 9.47 Å². The Balaban J connectivity index is 2.24. The number of aromatic nitrogens is 1. The number of ether oxygens (including phenoxy) is 2. The normalized spacial score (nSPS) is 9.89. The zero-order valence-electron chi connectivity index (χ0n) is 9.59. The first-order chi connectivity index (χ1) is 8.72. The molecular weight excluding hydrogens is 345 g/mol. The van der Waals surface area contributed by atoms with Crippen LogP contribution in [-0.4, -0.2) is 18.4 Å². The second-order valence-corrected chi connectivity index (χ2v) is 4.59. The molecule has 0 atom stereocenters. The molecule has 18 heavy (non-hydrogen) atoms. The molecular formula is C13H10INO3. The number of benzene rings is 1. The Kier molecular flexibility index (Phi) is 4.14. The second-order valence-electron chi connectivity index (χ2n) is 3.43. The lowest BCUT2D eigenvalue weighted by molar-refractivity contribution is 0.112. The fraction of sp³-hybridized carbons (Fsp3) is 0.0769. The van der Waals surface area contributed by atoms with Crippen LogP contribution in [0.2, 0.25) is 0 Å². The summed E-state index contributed by atoms with van der Waals surface area (Å²) in [6, 6.07) is 10.5. The van der Waals surface area contributed by atoms with Gasteiger partial charge in [-0.3, -0.25) is 4.79 Å². The molecule has 92 valence electrons. The molecule has 0 radical (unpaired) electrons. The first kappa shape index (κ1) is 12.8. The van der Waals surface area contributed by atoms with Crippen LogP contribution in [0.15, 0.2) is 36.4 Å². The molecule has 2 rings (SSSR count). The van der Waals surface area contributed by atoms with E-state index >= 15 is 0 Å². The monoisotopic (exact) mass is 355 g/mol. The molecule has 0 bridgehead atoms. The summed E-state index contributed by atoms with van der Waals surface area (Å²) in [5.74, 6) is 1.60. The van der Waals surface area contributed by atoms with Crippen LogP contribution < -0.4 is 9.47 Å². The Labute approximate surface area is 118 Å². The average Bonchev–Trinajstić information content (AvgIpc) is 2.42. The van der Waals surface area contributed by atoms with Gasteiger partial charge in [-0.25, -0.2) is 0 Å². The van der Waals surface area contributed by atoms with E-state index in [1.165, 1.54) is 0 Å². The molecule has 0 fully saturated rings. The highest BCUT2D eigenvalue weighted by Crippen LogP contribution is 2.26. The fourth-order valence-corrected chi connectivity index (χ4v) is 1.73. The van der Waals surface area contributed by atoms with Gasteiger partial charge in [0.25, 0.3) is 0 Å². The lowest BCUT2D eigenvalue weighted by Crippen LogP contribution is -1.94. The molecule has 0 saturated carbocycles. The van der Waals surface area contributed by atoms with Crippen molar-refractivity contribution in [2.75, 3.05) is 7.11 Å². The molecule has 0 N–H and O–H groups in total. The predicted octanol–water partition coefficient (Wildman–Crippen LogP) is 3.30. The van der Waals surface area contributed by atoms with Gasteiger partial charge in [-0.1, -0.05) is 0 Å². The number of rotatable bonds is 4. The number of halogens is 1. The van der Waals surface area contributed by atoms with Gasteiger partial charge in [0.05, 0.1) is 10.7 Å². The molecule has 0 saturated heterocycles. The number of pyridine rings is 1. The molecule has 5 heteroatoms. The largest absolute Gasteiger partial charge is 0.481 e. The number of hydrogen-bond donors (Lipinski definition) is 0. The van der Waals surface area contributed by atoms with Crippen molar-refractivity contribution < 1.29 is 14.3 Å². The van der Waals surface area contributed by atoms with E-state index in [2.05, 4.69) is 27.6 Å². The van der Waals surface area contributed by atoms with Crippen LogP contribution in [0.3, 0.4) is 0 Å². The van der Waals surface area contributed by atoms with Gasteiger partial charge in [-0.05, 0) is 52.9 Å². The topological polar surface area (TPSA) is 48.4 Å². The standard InChI is InChI=1S/C13H10INO3/c1-17-12-7-6-11(14)13(15-12)18-10-4-2-9(8-16)3-5-10/h2-8H,1H3. The predicted molar refractivity (Wildman–Crippen MR) is 75.4 cm³/mol. The molecule has 1 aromatic heterocycles. The first-order valence-electron chi connectivity index (χ1n) is 5.16. The highest BCUT2D eigenvalue weighted by Gasteiger charge is 2.06. The third-order valence-electron chi connectivity index (χ3n) is 2.23. The summed E-state index contributed by atoms with van der Waals surface area (Å²) < 4.78 is 11.6. The number of methoxy groups -OCH3 is 1. The Hall–Kier alpha value is -1.63. The quantitative estimate of drug-likeness (QED) is 0.624. The van der Waals surface area contributed by atoms with Gasteiger partial charge in [0, 0.05) is 11.6 Å². The van der Waals surface area contributed by atoms with Crippen LogP contribution >= 0.6 is 22.6 Å². The Morgan fingerprint density at radius 2 is 1.89 bits per heavy atom. The van der Waals surface area contributed by atoms with Crippen molar-refractivity contribution in [3.8, 4) is 17.5 Å². The number of carbonyl (C=O) groups is 1. The summed E-state index contributed by atoms with van der Waals surface area (Å²) in [5.41, 5.74) is 0.607. The molecule has 0 amide bonds. The highest BCUT2D eigenvalue weighted by atomic mass is 127. The first-order valence-corrected chi connectivity index (χ1v) is 6.24. The van der Waals surface area contributed by atoms with Gasteiger partial charge >= 0.3 is 0 Å². The zero-order valence-corrected chi connectivity index (χ0v) is 11.7.